The van der Waals surface area contributed by atoms with Gasteiger partial charge in [-0.25, -0.2) is 4.39 Å². The van der Waals surface area contributed by atoms with E-state index in [2.05, 4.69) is 0 Å². The largest absolute Gasteiger partial charge is 0.507 e. The zero-order valence-electron chi connectivity index (χ0n) is 20.1. The zero-order chi connectivity index (χ0) is 25.4. The summed E-state index contributed by atoms with van der Waals surface area (Å²) in [7, 11) is 1.74. The molecule has 0 saturated carbocycles. The highest BCUT2D eigenvalue weighted by Gasteiger charge is 2.30. The Morgan fingerprint density at radius 1 is 1.03 bits per heavy atom. The van der Waals surface area contributed by atoms with Gasteiger partial charge in [-0.1, -0.05) is 12.1 Å². The number of fused-ring (bicyclic) bond motifs is 1. The molecule has 0 spiro atoms. The number of aromatic hydroxyl groups is 1. The van der Waals surface area contributed by atoms with Crippen molar-refractivity contribution < 1.29 is 23.9 Å². The third kappa shape index (κ3) is 4.72. The van der Waals surface area contributed by atoms with Crippen molar-refractivity contribution in [2.24, 2.45) is 13.0 Å². The Morgan fingerprint density at radius 3 is 2.42 bits per heavy atom. The van der Waals surface area contributed by atoms with Gasteiger partial charge in [0.25, 0.3) is 17.6 Å². The van der Waals surface area contributed by atoms with Crippen molar-refractivity contribution in [1.29, 1.82) is 0 Å². The number of likely N-dealkylation sites (tertiary alicyclic amines) is 1. The highest BCUT2D eigenvalue weighted by atomic mass is 32.2. The van der Waals surface area contributed by atoms with Crippen molar-refractivity contribution in [3.63, 3.8) is 0 Å². The number of ketones is 1. The SMILES string of the molecule is Cn1cc(C(=O)C(=O)N2CCSC2)c2cc(C(=O)N3CCC(Cc4ccc(F)cc4)CC3)c(O)cc21. The summed E-state index contributed by atoms with van der Waals surface area (Å²) in [5, 5.41) is 11.2. The molecule has 2 amide bonds. The lowest BCUT2D eigenvalue weighted by Crippen LogP contribution is -2.39. The van der Waals surface area contributed by atoms with Crippen LogP contribution in [0, 0.1) is 11.7 Å². The lowest BCUT2D eigenvalue weighted by Gasteiger charge is -2.32. The van der Waals surface area contributed by atoms with Gasteiger partial charge in [0.2, 0.25) is 0 Å². The highest BCUT2D eigenvalue weighted by molar-refractivity contribution is 7.99. The number of amides is 2. The van der Waals surface area contributed by atoms with Crippen molar-refractivity contribution >= 4 is 40.3 Å². The number of aryl methyl sites for hydroxylation is 1. The fourth-order valence-corrected chi connectivity index (χ4v) is 6.01. The van der Waals surface area contributed by atoms with Crippen LogP contribution in [-0.2, 0) is 18.3 Å². The number of halogens is 1. The van der Waals surface area contributed by atoms with E-state index < -0.39 is 11.7 Å². The van der Waals surface area contributed by atoms with Crippen LogP contribution < -0.4 is 0 Å². The van der Waals surface area contributed by atoms with Gasteiger partial charge >= 0.3 is 0 Å². The number of benzene rings is 2. The quantitative estimate of drug-likeness (QED) is 0.418. The van der Waals surface area contributed by atoms with Crippen molar-refractivity contribution in [3.8, 4) is 5.75 Å². The number of phenols is 1. The van der Waals surface area contributed by atoms with Crippen LogP contribution in [0.4, 0.5) is 4.39 Å². The molecule has 2 aromatic carbocycles. The van der Waals surface area contributed by atoms with Crippen LogP contribution in [0.5, 0.6) is 5.75 Å². The first-order chi connectivity index (χ1) is 17.3. The number of aromatic nitrogens is 1. The molecule has 9 heteroatoms. The summed E-state index contributed by atoms with van der Waals surface area (Å²) < 4.78 is 14.9. The number of hydrogen-bond donors (Lipinski definition) is 1. The van der Waals surface area contributed by atoms with E-state index in [1.807, 2.05) is 0 Å². The molecule has 1 aromatic heterocycles. The summed E-state index contributed by atoms with van der Waals surface area (Å²) in [6.07, 6.45) is 4.04. The maximum atomic E-state index is 13.4. The third-order valence-corrected chi connectivity index (χ3v) is 8.12. The molecule has 2 aliphatic heterocycles. The molecule has 2 fully saturated rings. The number of carbonyl (C=O) groups excluding carboxylic acids is 3. The van der Waals surface area contributed by atoms with Crippen molar-refractivity contribution in [1.82, 2.24) is 14.4 Å². The molecule has 1 N–H and O–H groups in total. The number of thioether (sulfide) groups is 1. The lowest BCUT2D eigenvalue weighted by atomic mass is 9.90. The van der Waals surface area contributed by atoms with E-state index in [1.54, 1.807) is 46.6 Å². The minimum atomic E-state index is -0.603. The summed E-state index contributed by atoms with van der Waals surface area (Å²) in [5.41, 5.74) is 2.02. The van der Waals surface area contributed by atoms with E-state index in [0.29, 0.717) is 42.3 Å². The molecule has 7 nitrogen and oxygen atoms in total. The molecule has 2 aliphatic rings. The fourth-order valence-electron chi connectivity index (χ4n) is 5.07. The van der Waals surface area contributed by atoms with Crippen LogP contribution in [0.25, 0.3) is 10.9 Å². The summed E-state index contributed by atoms with van der Waals surface area (Å²) in [5.74, 6) is -0.145. The number of hydrogen-bond acceptors (Lipinski definition) is 5. The normalized spacial score (nSPS) is 16.6. The van der Waals surface area contributed by atoms with Gasteiger partial charge in [0.1, 0.15) is 11.6 Å². The zero-order valence-corrected chi connectivity index (χ0v) is 20.9. The molecule has 188 valence electrons. The van der Waals surface area contributed by atoms with Gasteiger partial charge < -0.3 is 19.5 Å². The number of piperidine rings is 1. The minimum absolute atomic E-state index is 0.129. The van der Waals surface area contributed by atoms with E-state index in [-0.39, 0.29) is 28.6 Å². The molecule has 5 rings (SSSR count). The number of Topliss-reactive ketones (excluding diaryl/α,β-unsaturated/α-hetero) is 1. The molecular weight excluding hydrogens is 481 g/mol. The third-order valence-electron chi connectivity index (χ3n) is 7.16. The van der Waals surface area contributed by atoms with Crippen molar-refractivity contribution in [2.45, 2.75) is 19.3 Å². The lowest BCUT2D eigenvalue weighted by molar-refractivity contribution is -0.125. The predicted octanol–water partition coefficient (Wildman–Crippen LogP) is 3.83. The predicted molar refractivity (Wildman–Crippen MR) is 137 cm³/mol. The first-order valence-electron chi connectivity index (χ1n) is 12.1. The van der Waals surface area contributed by atoms with E-state index in [0.717, 1.165) is 30.6 Å². The molecule has 0 unspecified atom stereocenters. The molecule has 0 radical (unpaired) electrons. The van der Waals surface area contributed by atoms with Gasteiger partial charge in [0.15, 0.2) is 0 Å². The molecule has 36 heavy (non-hydrogen) atoms. The monoisotopic (exact) mass is 509 g/mol. The second-order valence-corrected chi connectivity index (χ2v) is 10.6. The first-order valence-corrected chi connectivity index (χ1v) is 13.2. The second kappa shape index (κ2) is 9.97. The van der Waals surface area contributed by atoms with Crippen molar-refractivity contribution in [2.75, 3.05) is 31.3 Å². The van der Waals surface area contributed by atoms with E-state index in [1.165, 1.54) is 29.2 Å². The van der Waals surface area contributed by atoms with Crippen LogP contribution in [0.3, 0.4) is 0 Å². The Kier molecular flexibility index (Phi) is 6.75. The van der Waals surface area contributed by atoms with E-state index >= 15 is 0 Å². The van der Waals surface area contributed by atoms with E-state index in [4.69, 9.17) is 0 Å². The number of phenolic OH excluding ortho intramolecular Hbond substituents is 1. The molecule has 0 atom stereocenters. The van der Waals surface area contributed by atoms with Gasteiger partial charge in [0.05, 0.1) is 22.5 Å². The molecule has 2 saturated heterocycles. The topological polar surface area (TPSA) is 82.9 Å². The van der Waals surface area contributed by atoms with Crippen LogP contribution in [0.2, 0.25) is 0 Å². The Balaban J connectivity index is 1.33. The first kappa shape index (κ1) is 24.4. The molecule has 3 heterocycles. The fraction of sp³-hybridized carbons (Fsp3) is 0.370. The minimum Gasteiger partial charge on any atom is -0.507 e. The van der Waals surface area contributed by atoms with Gasteiger partial charge in [0, 0.05) is 50.1 Å². The maximum Gasteiger partial charge on any atom is 0.295 e. The smallest absolute Gasteiger partial charge is 0.295 e. The molecule has 0 bridgehead atoms. The van der Waals surface area contributed by atoms with Crippen LogP contribution in [0.15, 0.2) is 42.6 Å². The van der Waals surface area contributed by atoms with Gasteiger partial charge in [-0.2, -0.15) is 0 Å². The Hall–Kier alpha value is -3.33. The standard InChI is InChI=1S/C27H28FN3O4S/c1-29-15-22(25(33)27(35)31-10-11-36-16-31)20-13-21(24(32)14-23(20)29)26(34)30-8-6-18(7-9-30)12-17-2-4-19(28)5-3-17/h2-5,13-15,18,32H,6-12,16H2,1H3. The van der Waals surface area contributed by atoms with Gasteiger partial charge in [-0.15, -0.1) is 11.8 Å². The molecule has 0 aliphatic carbocycles. The summed E-state index contributed by atoms with van der Waals surface area (Å²) in [6.45, 7) is 1.64. The van der Waals surface area contributed by atoms with Crippen LogP contribution in [-0.4, -0.2) is 68.3 Å². The molecule has 3 aromatic rings. The highest BCUT2D eigenvalue weighted by Crippen LogP contribution is 2.32. The Labute approximate surface area is 212 Å². The summed E-state index contributed by atoms with van der Waals surface area (Å²) >= 11 is 1.61. The number of rotatable bonds is 5. The Morgan fingerprint density at radius 2 is 1.75 bits per heavy atom. The maximum absolute atomic E-state index is 13.4. The van der Waals surface area contributed by atoms with Gasteiger partial charge in [-0.3, -0.25) is 14.4 Å². The summed E-state index contributed by atoms with van der Waals surface area (Å²) in [6, 6.07) is 9.55. The summed E-state index contributed by atoms with van der Waals surface area (Å²) in [4.78, 5) is 42.4. The van der Waals surface area contributed by atoms with Gasteiger partial charge in [-0.05, 0) is 48.9 Å². The van der Waals surface area contributed by atoms with E-state index in [9.17, 15) is 23.9 Å². The van der Waals surface area contributed by atoms with Crippen LogP contribution >= 0.6 is 11.8 Å². The number of nitrogens with zero attached hydrogens (tertiary/aromatic N) is 3. The average molecular weight is 510 g/mol. The number of carbonyl (C=O) groups is 3. The average Bonchev–Trinajstić information content (AvgIpc) is 3.53. The second-order valence-electron chi connectivity index (χ2n) is 9.54. The van der Waals surface area contributed by atoms with Crippen molar-refractivity contribution in [3.05, 3.63) is 65.1 Å². The molecular formula is C27H28FN3O4S. The van der Waals surface area contributed by atoms with Crippen LogP contribution in [0.1, 0.15) is 39.1 Å². The Bertz CT molecular complexity index is 1320.